The Hall–Kier alpha value is -1.60. The number of amides is 1. The maximum Gasteiger partial charge on any atom is 0.251 e. The molecular formula is C20H31N3O3S. The summed E-state index contributed by atoms with van der Waals surface area (Å²) in [5, 5.41) is 3.07. The van der Waals surface area contributed by atoms with Crippen molar-refractivity contribution >= 4 is 21.6 Å². The standard InChI is InChI=1S/C20H31N3O3S/c1-20(2,22-11-5-4-6-12-22)15-21-19(24)17-9-10-18-16(14-17)8-7-13-23(18)27(3,25)26/h9-10,14H,4-8,11-13,15H2,1-3H3,(H,21,24). The highest BCUT2D eigenvalue weighted by Gasteiger charge is 2.29. The summed E-state index contributed by atoms with van der Waals surface area (Å²) >= 11 is 0. The molecule has 150 valence electrons. The summed E-state index contributed by atoms with van der Waals surface area (Å²) in [6, 6.07) is 5.34. The lowest BCUT2D eigenvalue weighted by molar-refractivity contribution is 0.0797. The van der Waals surface area contributed by atoms with Gasteiger partial charge in [0.15, 0.2) is 0 Å². The molecule has 1 saturated heterocycles. The van der Waals surface area contributed by atoms with E-state index in [1.54, 1.807) is 12.1 Å². The minimum Gasteiger partial charge on any atom is -0.350 e. The van der Waals surface area contributed by atoms with Crippen molar-refractivity contribution in [3.63, 3.8) is 0 Å². The topological polar surface area (TPSA) is 69.7 Å². The second-order valence-corrected chi connectivity index (χ2v) is 10.2. The fourth-order valence-corrected chi connectivity index (χ4v) is 5.05. The average Bonchev–Trinajstić information content (AvgIpc) is 2.65. The summed E-state index contributed by atoms with van der Waals surface area (Å²) in [6.45, 7) is 7.62. The Morgan fingerprint density at radius 3 is 2.48 bits per heavy atom. The van der Waals surface area contributed by atoms with E-state index in [-0.39, 0.29) is 11.4 Å². The molecule has 1 fully saturated rings. The Labute approximate surface area is 163 Å². The van der Waals surface area contributed by atoms with Gasteiger partial charge in [-0.3, -0.25) is 14.0 Å². The van der Waals surface area contributed by atoms with E-state index in [1.165, 1.54) is 29.8 Å². The van der Waals surface area contributed by atoms with Crippen molar-refractivity contribution in [2.24, 2.45) is 0 Å². The fraction of sp³-hybridized carbons (Fsp3) is 0.650. The lowest BCUT2D eigenvalue weighted by Crippen LogP contribution is -2.53. The van der Waals surface area contributed by atoms with Gasteiger partial charge in [-0.1, -0.05) is 6.42 Å². The smallest absolute Gasteiger partial charge is 0.251 e. The third-order valence-corrected chi connectivity index (χ3v) is 6.89. The van der Waals surface area contributed by atoms with E-state index in [4.69, 9.17) is 0 Å². The number of nitrogens with zero attached hydrogens (tertiary/aromatic N) is 2. The van der Waals surface area contributed by atoms with Crippen LogP contribution in [0, 0.1) is 0 Å². The Bertz CT molecular complexity index is 799. The van der Waals surface area contributed by atoms with E-state index in [0.717, 1.165) is 31.5 Å². The molecule has 0 atom stereocenters. The number of likely N-dealkylation sites (tertiary alicyclic amines) is 1. The maximum atomic E-state index is 12.7. The third-order valence-electron chi connectivity index (χ3n) is 5.71. The number of rotatable bonds is 5. The molecule has 1 N–H and O–H groups in total. The van der Waals surface area contributed by atoms with E-state index in [9.17, 15) is 13.2 Å². The van der Waals surface area contributed by atoms with Crippen molar-refractivity contribution in [1.82, 2.24) is 10.2 Å². The maximum absolute atomic E-state index is 12.7. The fourth-order valence-electron chi connectivity index (χ4n) is 4.06. The molecule has 2 aliphatic rings. The first-order chi connectivity index (χ1) is 12.7. The number of fused-ring (bicyclic) bond motifs is 1. The lowest BCUT2D eigenvalue weighted by atomic mass is 9.98. The van der Waals surface area contributed by atoms with Gasteiger partial charge in [-0.15, -0.1) is 0 Å². The van der Waals surface area contributed by atoms with E-state index in [0.29, 0.717) is 24.3 Å². The first kappa shape index (κ1) is 20.1. The number of carbonyl (C=O) groups is 1. The van der Waals surface area contributed by atoms with Crippen LogP contribution in [0.25, 0.3) is 0 Å². The number of piperidine rings is 1. The van der Waals surface area contributed by atoms with Gasteiger partial charge >= 0.3 is 0 Å². The van der Waals surface area contributed by atoms with Crippen LogP contribution in [-0.2, 0) is 16.4 Å². The average molecular weight is 394 g/mol. The van der Waals surface area contributed by atoms with Crippen molar-refractivity contribution in [1.29, 1.82) is 0 Å². The SMILES string of the molecule is CC(C)(CNC(=O)c1ccc2c(c1)CCCN2S(C)(=O)=O)N1CCCCC1. The van der Waals surface area contributed by atoms with E-state index >= 15 is 0 Å². The predicted octanol–water partition coefficient (Wildman–Crippen LogP) is 2.39. The Morgan fingerprint density at radius 2 is 1.81 bits per heavy atom. The van der Waals surface area contributed by atoms with Crippen LogP contribution in [-0.4, -0.2) is 57.2 Å². The number of aryl methyl sites for hydroxylation is 1. The summed E-state index contributed by atoms with van der Waals surface area (Å²) in [7, 11) is -3.29. The summed E-state index contributed by atoms with van der Waals surface area (Å²) in [4.78, 5) is 15.1. The van der Waals surface area contributed by atoms with Crippen molar-refractivity contribution in [3.8, 4) is 0 Å². The molecule has 0 spiro atoms. The number of anilines is 1. The molecule has 7 heteroatoms. The molecular weight excluding hydrogens is 362 g/mol. The third kappa shape index (κ3) is 4.63. The zero-order valence-electron chi connectivity index (χ0n) is 16.6. The van der Waals surface area contributed by atoms with E-state index in [2.05, 4.69) is 24.1 Å². The van der Waals surface area contributed by atoms with Crippen LogP contribution in [0.4, 0.5) is 5.69 Å². The van der Waals surface area contributed by atoms with Gasteiger partial charge in [0.2, 0.25) is 10.0 Å². The number of hydrogen-bond acceptors (Lipinski definition) is 4. The van der Waals surface area contributed by atoms with Crippen LogP contribution in [0.1, 0.15) is 55.5 Å². The minimum absolute atomic E-state index is 0.0720. The molecule has 0 aliphatic carbocycles. The molecule has 1 amide bonds. The number of carbonyl (C=O) groups excluding carboxylic acids is 1. The normalized spacial score (nSPS) is 18.9. The van der Waals surface area contributed by atoms with Gasteiger partial charge in [-0.05, 0) is 76.4 Å². The molecule has 0 radical (unpaired) electrons. The van der Waals surface area contributed by atoms with Gasteiger partial charge in [0.25, 0.3) is 5.91 Å². The van der Waals surface area contributed by atoms with Crippen LogP contribution in [0.15, 0.2) is 18.2 Å². The summed E-state index contributed by atoms with van der Waals surface area (Å²) in [5.74, 6) is -0.0978. The molecule has 0 unspecified atom stereocenters. The second kappa shape index (κ2) is 7.80. The molecule has 2 heterocycles. The molecule has 0 bridgehead atoms. The summed E-state index contributed by atoms with van der Waals surface area (Å²) in [5.41, 5.74) is 2.15. The molecule has 3 rings (SSSR count). The summed E-state index contributed by atoms with van der Waals surface area (Å²) in [6.07, 6.45) is 6.52. The number of nitrogens with one attached hydrogen (secondary N) is 1. The van der Waals surface area contributed by atoms with Crippen LogP contribution < -0.4 is 9.62 Å². The first-order valence-corrected chi connectivity index (χ1v) is 11.7. The second-order valence-electron chi connectivity index (χ2n) is 8.32. The number of sulfonamides is 1. The van der Waals surface area contributed by atoms with Crippen molar-refractivity contribution < 1.29 is 13.2 Å². The molecule has 2 aliphatic heterocycles. The first-order valence-electron chi connectivity index (χ1n) is 9.82. The molecule has 0 aromatic heterocycles. The largest absolute Gasteiger partial charge is 0.350 e. The zero-order valence-corrected chi connectivity index (χ0v) is 17.4. The molecule has 27 heavy (non-hydrogen) atoms. The highest BCUT2D eigenvalue weighted by Crippen LogP contribution is 2.30. The van der Waals surface area contributed by atoms with Crippen molar-refractivity contribution in [2.75, 3.05) is 36.7 Å². The molecule has 6 nitrogen and oxygen atoms in total. The van der Waals surface area contributed by atoms with Crippen LogP contribution >= 0.6 is 0 Å². The van der Waals surface area contributed by atoms with Crippen LogP contribution in [0.2, 0.25) is 0 Å². The van der Waals surface area contributed by atoms with Gasteiger partial charge < -0.3 is 5.32 Å². The highest BCUT2D eigenvalue weighted by molar-refractivity contribution is 7.92. The van der Waals surface area contributed by atoms with E-state index in [1.807, 2.05) is 6.07 Å². The predicted molar refractivity (Wildman–Crippen MR) is 109 cm³/mol. The molecule has 1 aromatic rings. The number of benzene rings is 1. The Balaban J connectivity index is 1.69. The monoisotopic (exact) mass is 393 g/mol. The highest BCUT2D eigenvalue weighted by atomic mass is 32.2. The van der Waals surface area contributed by atoms with Gasteiger partial charge in [0.1, 0.15) is 0 Å². The van der Waals surface area contributed by atoms with Crippen LogP contribution in [0.3, 0.4) is 0 Å². The Kier molecular flexibility index (Phi) is 5.82. The molecule has 1 aromatic carbocycles. The Morgan fingerprint density at radius 1 is 1.11 bits per heavy atom. The van der Waals surface area contributed by atoms with Crippen molar-refractivity contribution in [2.45, 2.75) is 51.5 Å². The zero-order chi connectivity index (χ0) is 19.7. The van der Waals surface area contributed by atoms with Gasteiger partial charge in [-0.2, -0.15) is 0 Å². The number of hydrogen-bond donors (Lipinski definition) is 1. The van der Waals surface area contributed by atoms with Gasteiger partial charge in [-0.25, -0.2) is 8.42 Å². The summed E-state index contributed by atoms with van der Waals surface area (Å²) < 4.78 is 25.4. The van der Waals surface area contributed by atoms with Gasteiger partial charge in [0, 0.05) is 24.2 Å². The van der Waals surface area contributed by atoms with Crippen molar-refractivity contribution in [3.05, 3.63) is 29.3 Å². The van der Waals surface area contributed by atoms with Crippen LogP contribution in [0.5, 0.6) is 0 Å². The quantitative estimate of drug-likeness (QED) is 0.834. The van der Waals surface area contributed by atoms with E-state index < -0.39 is 10.0 Å². The lowest BCUT2D eigenvalue weighted by Gasteiger charge is -2.41. The van der Waals surface area contributed by atoms with Gasteiger partial charge in [0.05, 0.1) is 11.9 Å². The molecule has 0 saturated carbocycles. The minimum atomic E-state index is -3.29.